The number of carboxylic acid groups (broad SMARTS) is 1. The van der Waals surface area contributed by atoms with Crippen LogP contribution in [-0.4, -0.2) is 35.1 Å². The summed E-state index contributed by atoms with van der Waals surface area (Å²) in [6.07, 6.45) is 2.34. The smallest absolute Gasteiger partial charge is 0.315 e. The number of likely N-dealkylation sites (tertiary alicyclic amines) is 1. The number of hydrogen-bond donors (Lipinski definition) is 1. The van der Waals surface area contributed by atoms with Crippen LogP contribution in [-0.2, 0) is 10.2 Å². The molecule has 1 heterocycles. The van der Waals surface area contributed by atoms with Gasteiger partial charge in [-0.05, 0) is 38.8 Å². The van der Waals surface area contributed by atoms with Crippen molar-refractivity contribution in [2.24, 2.45) is 0 Å². The van der Waals surface area contributed by atoms with Crippen molar-refractivity contribution in [1.29, 1.82) is 0 Å². The molecule has 1 aliphatic heterocycles. The molecule has 0 saturated carbocycles. The number of aliphatic carboxylic acids is 1. The third-order valence-electron chi connectivity index (χ3n) is 4.09. The maximum Gasteiger partial charge on any atom is 0.315 e. The van der Waals surface area contributed by atoms with Crippen molar-refractivity contribution < 1.29 is 9.90 Å². The van der Waals surface area contributed by atoms with E-state index in [1.165, 1.54) is 12.8 Å². The van der Waals surface area contributed by atoms with E-state index in [9.17, 15) is 9.90 Å². The van der Waals surface area contributed by atoms with Gasteiger partial charge in [0.25, 0.3) is 0 Å². The fraction of sp³-hybridized carbons (Fsp3) is 0.533. The van der Waals surface area contributed by atoms with Crippen molar-refractivity contribution in [3.63, 3.8) is 0 Å². The summed E-state index contributed by atoms with van der Waals surface area (Å²) < 4.78 is 0. The molecule has 2 atom stereocenters. The zero-order chi connectivity index (χ0) is 13.2. The third-order valence-corrected chi connectivity index (χ3v) is 4.09. The van der Waals surface area contributed by atoms with E-state index in [0.29, 0.717) is 12.6 Å². The second-order valence-electron chi connectivity index (χ2n) is 5.47. The Balaban J connectivity index is 2.25. The highest BCUT2D eigenvalue weighted by Crippen LogP contribution is 2.28. The van der Waals surface area contributed by atoms with Crippen LogP contribution in [0.15, 0.2) is 30.3 Å². The number of benzene rings is 1. The largest absolute Gasteiger partial charge is 0.481 e. The lowest BCUT2D eigenvalue weighted by atomic mass is 9.82. The van der Waals surface area contributed by atoms with E-state index in [4.69, 9.17) is 0 Å². The van der Waals surface area contributed by atoms with Crippen LogP contribution >= 0.6 is 0 Å². The first-order valence-corrected chi connectivity index (χ1v) is 6.57. The number of carboxylic acids is 1. The first kappa shape index (κ1) is 13.1. The standard InChI is InChI=1S/C15H21NO2/c1-12-7-6-10-16(12)11-15(2,14(17)18)13-8-4-3-5-9-13/h3-5,8-9,12H,6-7,10-11H2,1-2H3,(H,17,18). The third kappa shape index (κ3) is 2.41. The van der Waals surface area contributed by atoms with Crippen LogP contribution in [0.5, 0.6) is 0 Å². The minimum absolute atomic E-state index is 0.493. The van der Waals surface area contributed by atoms with Crippen LogP contribution in [0.3, 0.4) is 0 Å². The normalized spacial score (nSPS) is 23.8. The van der Waals surface area contributed by atoms with Crippen LogP contribution in [0.2, 0.25) is 0 Å². The second-order valence-corrected chi connectivity index (χ2v) is 5.47. The molecule has 0 aromatic heterocycles. The van der Waals surface area contributed by atoms with Crippen LogP contribution in [0, 0.1) is 0 Å². The number of hydrogen-bond acceptors (Lipinski definition) is 2. The fourth-order valence-electron chi connectivity index (χ4n) is 2.72. The molecule has 0 radical (unpaired) electrons. The molecule has 1 aliphatic rings. The first-order valence-electron chi connectivity index (χ1n) is 6.57. The van der Waals surface area contributed by atoms with Crippen molar-refractivity contribution in [2.75, 3.05) is 13.1 Å². The van der Waals surface area contributed by atoms with Gasteiger partial charge in [-0.1, -0.05) is 30.3 Å². The summed E-state index contributed by atoms with van der Waals surface area (Å²) in [6.45, 7) is 5.61. The van der Waals surface area contributed by atoms with Crippen molar-refractivity contribution in [1.82, 2.24) is 4.90 Å². The first-order chi connectivity index (χ1) is 8.54. The highest BCUT2D eigenvalue weighted by atomic mass is 16.4. The highest BCUT2D eigenvalue weighted by Gasteiger charge is 2.38. The van der Waals surface area contributed by atoms with E-state index in [1.807, 2.05) is 37.3 Å². The Labute approximate surface area is 108 Å². The molecule has 0 aliphatic carbocycles. The van der Waals surface area contributed by atoms with Gasteiger partial charge < -0.3 is 5.11 Å². The van der Waals surface area contributed by atoms with Crippen LogP contribution in [0.1, 0.15) is 32.3 Å². The molecule has 1 fully saturated rings. The number of nitrogens with zero attached hydrogens (tertiary/aromatic N) is 1. The Kier molecular flexibility index (Phi) is 3.71. The monoisotopic (exact) mass is 247 g/mol. The average Bonchev–Trinajstić information content (AvgIpc) is 2.75. The van der Waals surface area contributed by atoms with E-state index in [-0.39, 0.29) is 0 Å². The molecule has 1 aromatic rings. The molecule has 0 amide bonds. The Hall–Kier alpha value is -1.35. The predicted molar refractivity (Wildman–Crippen MR) is 71.7 cm³/mol. The second kappa shape index (κ2) is 5.11. The van der Waals surface area contributed by atoms with E-state index in [0.717, 1.165) is 12.1 Å². The van der Waals surface area contributed by atoms with Crippen molar-refractivity contribution in [3.05, 3.63) is 35.9 Å². The SMILES string of the molecule is CC1CCCN1CC(C)(C(=O)O)c1ccccc1. The number of rotatable bonds is 4. The van der Waals surface area contributed by atoms with Crippen LogP contribution < -0.4 is 0 Å². The summed E-state index contributed by atoms with van der Waals surface area (Å²) in [5.74, 6) is -0.743. The lowest BCUT2D eigenvalue weighted by molar-refractivity contribution is -0.144. The average molecular weight is 247 g/mol. The van der Waals surface area contributed by atoms with Crippen molar-refractivity contribution in [2.45, 2.75) is 38.1 Å². The van der Waals surface area contributed by atoms with Gasteiger partial charge in [-0.15, -0.1) is 0 Å². The van der Waals surface area contributed by atoms with Crippen LogP contribution in [0.4, 0.5) is 0 Å². The summed E-state index contributed by atoms with van der Waals surface area (Å²) in [6, 6.07) is 10.1. The lowest BCUT2D eigenvalue weighted by Crippen LogP contribution is -2.45. The molecule has 18 heavy (non-hydrogen) atoms. The summed E-state index contributed by atoms with van der Waals surface area (Å²) in [7, 11) is 0. The minimum Gasteiger partial charge on any atom is -0.481 e. The molecule has 2 unspecified atom stereocenters. The van der Waals surface area contributed by atoms with Gasteiger partial charge in [0.05, 0.1) is 0 Å². The van der Waals surface area contributed by atoms with Gasteiger partial charge in [0.1, 0.15) is 5.41 Å². The van der Waals surface area contributed by atoms with Gasteiger partial charge in [0.2, 0.25) is 0 Å². The van der Waals surface area contributed by atoms with Crippen molar-refractivity contribution in [3.8, 4) is 0 Å². The molecule has 98 valence electrons. The molecular formula is C15H21NO2. The van der Waals surface area contributed by atoms with E-state index in [1.54, 1.807) is 0 Å². The predicted octanol–water partition coefficient (Wildman–Crippen LogP) is 2.51. The Bertz CT molecular complexity index is 418. The summed E-state index contributed by atoms with van der Waals surface area (Å²) in [4.78, 5) is 14.0. The fourth-order valence-corrected chi connectivity index (χ4v) is 2.72. The van der Waals surface area contributed by atoms with Crippen molar-refractivity contribution >= 4 is 5.97 Å². The number of carbonyl (C=O) groups is 1. The van der Waals surface area contributed by atoms with E-state index < -0.39 is 11.4 Å². The maximum absolute atomic E-state index is 11.7. The van der Waals surface area contributed by atoms with Crippen LogP contribution in [0.25, 0.3) is 0 Å². The van der Waals surface area contributed by atoms with E-state index in [2.05, 4.69) is 11.8 Å². The molecule has 3 heteroatoms. The minimum atomic E-state index is -0.820. The summed E-state index contributed by atoms with van der Waals surface area (Å²) >= 11 is 0. The zero-order valence-corrected chi connectivity index (χ0v) is 11.1. The molecule has 1 aromatic carbocycles. The van der Waals surface area contributed by atoms with Gasteiger partial charge >= 0.3 is 5.97 Å². The molecule has 0 spiro atoms. The maximum atomic E-state index is 11.7. The highest BCUT2D eigenvalue weighted by molar-refractivity contribution is 5.81. The summed E-state index contributed by atoms with van der Waals surface area (Å²) in [5.41, 5.74) is 0.0662. The van der Waals surface area contributed by atoms with E-state index >= 15 is 0 Å². The molecular weight excluding hydrogens is 226 g/mol. The Morgan fingerprint density at radius 2 is 2.11 bits per heavy atom. The van der Waals surface area contributed by atoms with Gasteiger partial charge in [-0.25, -0.2) is 0 Å². The Morgan fingerprint density at radius 1 is 1.44 bits per heavy atom. The zero-order valence-electron chi connectivity index (χ0n) is 11.1. The Morgan fingerprint density at radius 3 is 2.61 bits per heavy atom. The molecule has 1 saturated heterocycles. The van der Waals surface area contributed by atoms with Gasteiger partial charge in [0.15, 0.2) is 0 Å². The molecule has 0 bridgehead atoms. The lowest BCUT2D eigenvalue weighted by Gasteiger charge is -2.32. The molecule has 3 nitrogen and oxygen atoms in total. The molecule has 1 N–H and O–H groups in total. The van der Waals surface area contributed by atoms with Gasteiger partial charge in [0, 0.05) is 12.6 Å². The van der Waals surface area contributed by atoms with Gasteiger partial charge in [-0.3, -0.25) is 9.69 Å². The topological polar surface area (TPSA) is 40.5 Å². The summed E-state index contributed by atoms with van der Waals surface area (Å²) in [5, 5.41) is 9.61. The van der Waals surface area contributed by atoms with Gasteiger partial charge in [-0.2, -0.15) is 0 Å². The quantitative estimate of drug-likeness (QED) is 0.888. The molecule has 2 rings (SSSR count).